The van der Waals surface area contributed by atoms with Crippen molar-refractivity contribution in [1.82, 2.24) is 4.31 Å². The Morgan fingerprint density at radius 2 is 1.55 bits per heavy atom. The van der Waals surface area contributed by atoms with E-state index >= 15 is 0 Å². The molecular formula is C32H53N3O5SSi. The molecule has 0 heterocycles. The molecule has 0 saturated carbocycles. The number of hydrogen-bond acceptors (Lipinski definition) is 6. The number of nitro benzene ring substituents is 1. The lowest BCUT2D eigenvalue weighted by Gasteiger charge is -2.45. The van der Waals surface area contributed by atoms with Gasteiger partial charge in [-0.3, -0.25) is 10.1 Å². The van der Waals surface area contributed by atoms with Gasteiger partial charge in [-0.1, -0.05) is 72.4 Å². The lowest BCUT2D eigenvalue weighted by atomic mass is 9.88. The summed E-state index contributed by atoms with van der Waals surface area (Å²) in [5.74, 6) is 0. The van der Waals surface area contributed by atoms with Gasteiger partial charge in [0, 0.05) is 39.0 Å². The monoisotopic (exact) mass is 619 g/mol. The van der Waals surface area contributed by atoms with E-state index in [0.717, 1.165) is 31.4 Å². The third-order valence-electron chi connectivity index (χ3n) is 8.88. The van der Waals surface area contributed by atoms with Crippen molar-refractivity contribution in [2.24, 2.45) is 0 Å². The molecule has 0 fully saturated rings. The lowest BCUT2D eigenvalue weighted by molar-refractivity contribution is -0.384. The largest absolute Gasteiger partial charge is 0.415 e. The molecule has 0 aliphatic heterocycles. The summed E-state index contributed by atoms with van der Waals surface area (Å²) in [6.45, 7) is 15.6. The Labute approximate surface area is 255 Å². The highest BCUT2D eigenvalue weighted by molar-refractivity contribution is 7.89. The molecule has 0 N–H and O–H groups in total. The first-order valence-corrected chi connectivity index (χ1v) is 19.4. The van der Waals surface area contributed by atoms with Gasteiger partial charge < -0.3 is 9.33 Å². The Morgan fingerprint density at radius 3 is 2.05 bits per heavy atom. The third-order valence-corrected chi connectivity index (χ3v) is 15.4. The number of nitrogens with zero attached hydrogens (tertiary/aromatic N) is 3. The zero-order chi connectivity index (χ0) is 31.9. The molecule has 2 aromatic rings. The van der Waals surface area contributed by atoms with Crippen LogP contribution in [0.5, 0.6) is 0 Å². The lowest BCUT2D eigenvalue weighted by Crippen LogP contribution is -2.55. The van der Waals surface area contributed by atoms with Crippen molar-refractivity contribution in [3.8, 4) is 0 Å². The Kier molecular flexibility index (Phi) is 12.4. The van der Waals surface area contributed by atoms with E-state index in [1.165, 1.54) is 12.1 Å². The molecule has 0 unspecified atom stereocenters. The fraction of sp³-hybridized carbons (Fsp3) is 0.625. The number of non-ortho nitro benzene ring substituents is 1. The van der Waals surface area contributed by atoms with Gasteiger partial charge in [-0.2, -0.15) is 4.31 Å². The average Bonchev–Trinajstić information content (AvgIpc) is 2.91. The van der Waals surface area contributed by atoms with Crippen molar-refractivity contribution >= 4 is 29.7 Å². The van der Waals surface area contributed by atoms with Crippen molar-refractivity contribution in [3.63, 3.8) is 0 Å². The second-order valence-corrected chi connectivity index (χ2v) is 20.0. The van der Waals surface area contributed by atoms with Gasteiger partial charge in [0.1, 0.15) is 0 Å². The minimum Gasteiger partial charge on any atom is -0.415 e. The maximum Gasteiger partial charge on any atom is 0.269 e. The molecule has 2 aromatic carbocycles. The second-order valence-electron chi connectivity index (χ2n) is 13.2. The average molecular weight is 620 g/mol. The highest BCUT2D eigenvalue weighted by atomic mass is 32.2. The molecule has 0 spiro atoms. The number of rotatable bonds is 16. The number of hydrogen-bond donors (Lipinski definition) is 0. The summed E-state index contributed by atoms with van der Waals surface area (Å²) in [5.41, 5.74) is 1.45. The van der Waals surface area contributed by atoms with Crippen LogP contribution in [0.3, 0.4) is 0 Å². The molecule has 0 bridgehead atoms. The number of anilines is 1. The van der Waals surface area contributed by atoms with Crippen molar-refractivity contribution < 1.29 is 17.8 Å². The molecule has 0 aliphatic rings. The maximum absolute atomic E-state index is 14.7. The van der Waals surface area contributed by atoms with Gasteiger partial charge in [0.05, 0.1) is 22.0 Å². The minimum atomic E-state index is -3.96. The van der Waals surface area contributed by atoms with Crippen LogP contribution >= 0.6 is 0 Å². The van der Waals surface area contributed by atoms with Gasteiger partial charge in [0.2, 0.25) is 10.0 Å². The van der Waals surface area contributed by atoms with E-state index in [1.807, 2.05) is 31.1 Å². The number of unbranched alkanes of at least 4 members (excludes halogenated alkanes) is 2. The van der Waals surface area contributed by atoms with Crippen molar-refractivity contribution in [3.05, 3.63) is 63.7 Å². The quantitative estimate of drug-likeness (QED) is 0.107. The van der Waals surface area contributed by atoms with Crippen molar-refractivity contribution in [2.75, 3.05) is 32.6 Å². The van der Waals surface area contributed by atoms with Crippen LogP contribution in [0, 0.1) is 10.1 Å². The zero-order valence-electron chi connectivity index (χ0n) is 27.5. The topological polar surface area (TPSA) is 93.0 Å². The Balaban J connectivity index is 2.68. The number of benzene rings is 2. The molecule has 0 radical (unpaired) electrons. The van der Waals surface area contributed by atoms with Crippen LogP contribution in [0.15, 0.2) is 47.4 Å². The van der Waals surface area contributed by atoms with Crippen molar-refractivity contribution in [1.29, 1.82) is 0 Å². The van der Waals surface area contributed by atoms with Crippen LogP contribution in [0.1, 0.15) is 84.3 Å². The SMILES string of the molecule is CCCCC(CCCC)(CO[Si](C)(C)C(C)(C)C)N(C)S(=O)(=O)c1ccc(N(C)C)cc1Cc1cccc([N+](=O)[O-])c1. The van der Waals surface area contributed by atoms with Crippen LogP contribution < -0.4 is 4.90 Å². The number of likely N-dealkylation sites (N-methyl/N-ethyl adjacent to an activating group) is 1. The second kappa shape index (κ2) is 14.5. The van der Waals surface area contributed by atoms with Gasteiger partial charge in [0.15, 0.2) is 8.32 Å². The highest BCUT2D eigenvalue weighted by Gasteiger charge is 2.45. The molecule has 0 atom stereocenters. The van der Waals surface area contributed by atoms with Gasteiger partial charge >= 0.3 is 0 Å². The van der Waals surface area contributed by atoms with Crippen molar-refractivity contribution in [2.45, 2.75) is 108 Å². The fourth-order valence-electron chi connectivity index (χ4n) is 4.85. The molecular weight excluding hydrogens is 567 g/mol. The van der Waals surface area contributed by atoms with Gasteiger partial charge in [-0.25, -0.2) is 8.42 Å². The Hall–Kier alpha value is -2.27. The van der Waals surface area contributed by atoms with E-state index in [9.17, 15) is 18.5 Å². The zero-order valence-corrected chi connectivity index (χ0v) is 29.3. The highest BCUT2D eigenvalue weighted by Crippen LogP contribution is 2.40. The molecule has 42 heavy (non-hydrogen) atoms. The summed E-state index contributed by atoms with van der Waals surface area (Å²) < 4.78 is 37.7. The van der Waals surface area contributed by atoms with E-state index in [2.05, 4.69) is 47.7 Å². The molecule has 236 valence electrons. The molecule has 2 rings (SSSR count). The van der Waals surface area contributed by atoms with Crippen LogP contribution in [-0.4, -0.2) is 59.3 Å². The minimum absolute atomic E-state index is 0.000820. The van der Waals surface area contributed by atoms with Crippen LogP contribution in [-0.2, 0) is 20.9 Å². The van der Waals surface area contributed by atoms with Crippen LogP contribution in [0.4, 0.5) is 11.4 Å². The predicted octanol–water partition coefficient (Wildman–Crippen LogP) is 8.01. The standard InChI is InChI=1S/C32H53N3O5SSi/c1-11-13-20-32(21-14-12-2,25-40-42(9,10)31(3,4)5)34(8)41(38,39)30-19-18-28(33(6)7)24-27(30)22-26-16-15-17-29(23-26)35(36)37/h15-19,23-24H,11-14,20-22,25H2,1-10H3. The number of sulfonamides is 1. The van der Waals surface area contributed by atoms with E-state index in [4.69, 9.17) is 4.43 Å². The Morgan fingerprint density at radius 1 is 0.952 bits per heavy atom. The van der Waals surface area contributed by atoms with Gasteiger partial charge in [-0.05, 0) is 66.7 Å². The van der Waals surface area contributed by atoms with Gasteiger partial charge in [-0.15, -0.1) is 0 Å². The van der Waals surface area contributed by atoms with Crippen LogP contribution in [0.2, 0.25) is 18.1 Å². The summed E-state index contributed by atoms with van der Waals surface area (Å²) in [6, 6.07) is 11.8. The van der Waals surface area contributed by atoms with E-state index in [-0.39, 0.29) is 22.0 Å². The molecule has 0 aliphatic carbocycles. The number of nitro groups is 1. The summed E-state index contributed by atoms with van der Waals surface area (Å²) in [7, 11) is -0.589. The van der Waals surface area contributed by atoms with E-state index < -0.39 is 28.8 Å². The molecule has 10 heteroatoms. The summed E-state index contributed by atoms with van der Waals surface area (Å²) in [4.78, 5) is 13.2. The van der Waals surface area contributed by atoms with E-state index in [0.29, 0.717) is 30.6 Å². The molecule has 0 aromatic heterocycles. The van der Waals surface area contributed by atoms with Gasteiger partial charge in [0.25, 0.3) is 5.69 Å². The predicted molar refractivity (Wildman–Crippen MR) is 177 cm³/mol. The molecule has 0 amide bonds. The summed E-state index contributed by atoms with van der Waals surface area (Å²) in [6.07, 6.45) is 5.38. The maximum atomic E-state index is 14.7. The first kappa shape index (κ1) is 35.9. The fourth-order valence-corrected chi connectivity index (χ4v) is 7.66. The molecule has 8 nitrogen and oxygen atoms in total. The molecule has 0 saturated heterocycles. The first-order chi connectivity index (χ1) is 19.4. The summed E-state index contributed by atoms with van der Waals surface area (Å²) in [5, 5.41) is 11.4. The Bertz CT molecular complexity index is 1300. The first-order valence-electron chi connectivity index (χ1n) is 15.1. The normalized spacial score (nSPS) is 13.0. The third kappa shape index (κ3) is 8.64. The smallest absolute Gasteiger partial charge is 0.269 e. The summed E-state index contributed by atoms with van der Waals surface area (Å²) >= 11 is 0. The van der Waals surface area contributed by atoms with Crippen LogP contribution in [0.25, 0.3) is 0 Å². The van der Waals surface area contributed by atoms with E-state index in [1.54, 1.807) is 29.6 Å².